The monoisotopic (exact) mass is 369 g/mol. The molecule has 0 saturated carbocycles. The molecule has 0 bridgehead atoms. The Balaban J connectivity index is 1.66. The first kappa shape index (κ1) is 19.0. The second-order valence-electron chi connectivity index (χ2n) is 6.92. The summed E-state index contributed by atoms with van der Waals surface area (Å²) in [5.41, 5.74) is 2.32. The lowest BCUT2D eigenvalue weighted by Crippen LogP contribution is -2.37. The van der Waals surface area contributed by atoms with Crippen molar-refractivity contribution in [3.8, 4) is 5.75 Å². The fourth-order valence-corrected chi connectivity index (χ4v) is 3.42. The van der Waals surface area contributed by atoms with Gasteiger partial charge in [-0.3, -0.25) is 9.59 Å². The molecule has 1 fully saturated rings. The molecule has 6 nitrogen and oxygen atoms in total. The number of carbonyl (C=O) groups is 2. The van der Waals surface area contributed by atoms with E-state index in [1.54, 1.807) is 0 Å². The average molecular weight is 369 g/mol. The first-order valence-electron chi connectivity index (χ1n) is 9.43. The maximum absolute atomic E-state index is 12.9. The van der Waals surface area contributed by atoms with Crippen LogP contribution in [0.4, 0.5) is 0 Å². The molecule has 1 aromatic carbocycles. The van der Waals surface area contributed by atoms with Crippen molar-refractivity contribution < 1.29 is 14.3 Å². The molecule has 0 spiro atoms. The zero-order valence-electron chi connectivity index (χ0n) is 16.3. The zero-order valence-corrected chi connectivity index (χ0v) is 16.3. The molecular formula is C21H27N3O3. The topological polar surface area (TPSA) is 54.8 Å². The summed E-state index contributed by atoms with van der Waals surface area (Å²) in [5, 5.41) is 0. The minimum Gasteiger partial charge on any atom is -0.494 e. The zero-order chi connectivity index (χ0) is 19.4. The summed E-state index contributed by atoms with van der Waals surface area (Å²) in [4.78, 5) is 29.2. The number of amides is 2. The van der Waals surface area contributed by atoms with Crippen molar-refractivity contribution in [3.63, 3.8) is 0 Å². The van der Waals surface area contributed by atoms with Crippen LogP contribution in [-0.4, -0.2) is 59.0 Å². The number of aryl methyl sites for hydroxylation is 2. The number of ether oxygens (including phenoxy) is 1. The molecule has 2 aromatic rings. The van der Waals surface area contributed by atoms with Crippen LogP contribution in [0.1, 0.15) is 39.6 Å². The summed E-state index contributed by atoms with van der Waals surface area (Å²) in [7, 11) is 1.90. The number of rotatable bonds is 4. The van der Waals surface area contributed by atoms with Crippen molar-refractivity contribution in [3.05, 3.63) is 53.3 Å². The van der Waals surface area contributed by atoms with Crippen LogP contribution in [0.5, 0.6) is 5.75 Å². The van der Waals surface area contributed by atoms with Crippen molar-refractivity contribution >= 4 is 11.8 Å². The molecule has 144 valence electrons. The lowest BCUT2D eigenvalue weighted by Gasteiger charge is -2.22. The Morgan fingerprint density at radius 3 is 2.22 bits per heavy atom. The highest BCUT2D eigenvalue weighted by Crippen LogP contribution is 2.21. The Labute approximate surface area is 160 Å². The lowest BCUT2D eigenvalue weighted by molar-refractivity contribution is 0.0718. The van der Waals surface area contributed by atoms with E-state index in [1.165, 1.54) is 0 Å². The second kappa shape index (κ2) is 8.29. The van der Waals surface area contributed by atoms with Crippen molar-refractivity contribution in [1.29, 1.82) is 0 Å². The van der Waals surface area contributed by atoms with Crippen LogP contribution in [0, 0.1) is 6.92 Å². The van der Waals surface area contributed by atoms with Gasteiger partial charge in [-0.1, -0.05) is 0 Å². The van der Waals surface area contributed by atoms with Gasteiger partial charge in [-0.15, -0.1) is 0 Å². The van der Waals surface area contributed by atoms with E-state index in [0.717, 1.165) is 17.7 Å². The SMILES string of the molecule is CCOc1ccc(C(=O)N2CCCN(C(=O)c3ccn(C)c3)CC2)cc1C. The van der Waals surface area contributed by atoms with Gasteiger partial charge in [0.25, 0.3) is 11.8 Å². The number of carbonyl (C=O) groups excluding carboxylic acids is 2. The molecule has 0 atom stereocenters. The molecule has 3 rings (SSSR count). The highest BCUT2D eigenvalue weighted by atomic mass is 16.5. The van der Waals surface area contributed by atoms with Crippen LogP contribution in [0.15, 0.2) is 36.7 Å². The molecule has 1 saturated heterocycles. The quantitative estimate of drug-likeness (QED) is 0.833. The van der Waals surface area contributed by atoms with Gasteiger partial charge in [0.05, 0.1) is 12.2 Å². The molecule has 6 heteroatoms. The Hall–Kier alpha value is -2.76. The minimum atomic E-state index is 0.00941. The van der Waals surface area contributed by atoms with Gasteiger partial charge in [0, 0.05) is 51.2 Å². The molecule has 2 heterocycles. The number of hydrogen-bond donors (Lipinski definition) is 0. The van der Waals surface area contributed by atoms with Crippen LogP contribution in [0.25, 0.3) is 0 Å². The van der Waals surface area contributed by atoms with Crippen molar-refractivity contribution in [2.45, 2.75) is 20.3 Å². The summed E-state index contributed by atoms with van der Waals surface area (Å²) in [6.45, 7) is 6.91. The van der Waals surface area contributed by atoms with Crippen LogP contribution < -0.4 is 4.74 Å². The average Bonchev–Trinajstić information content (AvgIpc) is 2.94. The van der Waals surface area contributed by atoms with Crippen LogP contribution in [0.2, 0.25) is 0 Å². The Bertz CT molecular complexity index is 828. The standard InChI is InChI=1S/C21H27N3O3/c1-4-27-19-7-6-17(14-16(19)2)20(25)23-9-5-10-24(13-12-23)21(26)18-8-11-22(3)15-18/h6-8,11,14-15H,4-5,9-10,12-13H2,1-3H3. The van der Waals surface area contributed by atoms with Crippen LogP contribution >= 0.6 is 0 Å². The molecular weight excluding hydrogens is 342 g/mol. The fourth-order valence-electron chi connectivity index (χ4n) is 3.42. The predicted octanol–water partition coefficient (Wildman–Crippen LogP) is 2.72. The number of nitrogens with zero attached hydrogens (tertiary/aromatic N) is 3. The van der Waals surface area contributed by atoms with Crippen molar-refractivity contribution in [2.24, 2.45) is 7.05 Å². The normalized spacial score (nSPS) is 14.8. The molecule has 27 heavy (non-hydrogen) atoms. The van der Waals surface area contributed by atoms with E-state index in [0.29, 0.717) is 43.9 Å². The molecule has 1 aliphatic heterocycles. The maximum atomic E-state index is 12.9. The van der Waals surface area contributed by atoms with E-state index in [2.05, 4.69) is 0 Å². The van der Waals surface area contributed by atoms with E-state index in [1.807, 2.05) is 71.9 Å². The van der Waals surface area contributed by atoms with Crippen LogP contribution in [-0.2, 0) is 7.05 Å². The smallest absolute Gasteiger partial charge is 0.255 e. The molecule has 1 aliphatic rings. The Kier molecular flexibility index (Phi) is 5.84. The summed E-state index contributed by atoms with van der Waals surface area (Å²) >= 11 is 0. The second-order valence-corrected chi connectivity index (χ2v) is 6.92. The highest BCUT2D eigenvalue weighted by Gasteiger charge is 2.24. The van der Waals surface area contributed by atoms with Crippen LogP contribution in [0.3, 0.4) is 0 Å². The maximum Gasteiger partial charge on any atom is 0.255 e. The summed E-state index contributed by atoms with van der Waals surface area (Å²) < 4.78 is 7.42. The number of aromatic nitrogens is 1. The third-order valence-corrected chi connectivity index (χ3v) is 4.87. The fraction of sp³-hybridized carbons (Fsp3) is 0.429. The van der Waals surface area contributed by atoms with Gasteiger partial charge in [0.2, 0.25) is 0 Å². The van der Waals surface area contributed by atoms with E-state index in [4.69, 9.17) is 4.74 Å². The largest absolute Gasteiger partial charge is 0.494 e. The molecule has 0 aliphatic carbocycles. The first-order valence-corrected chi connectivity index (χ1v) is 9.43. The summed E-state index contributed by atoms with van der Waals surface area (Å²) in [5.74, 6) is 0.849. The van der Waals surface area contributed by atoms with Gasteiger partial charge < -0.3 is 19.1 Å². The van der Waals surface area contributed by atoms with E-state index in [9.17, 15) is 9.59 Å². The highest BCUT2D eigenvalue weighted by molar-refractivity contribution is 5.95. The predicted molar refractivity (Wildman–Crippen MR) is 104 cm³/mol. The minimum absolute atomic E-state index is 0.00941. The Morgan fingerprint density at radius 1 is 1.00 bits per heavy atom. The third-order valence-electron chi connectivity index (χ3n) is 4.87. The summed E-state index contributed by atoms with van der Waals surface area (Å²) in [6, 6.07) is 7.39. The van der Waals surface area contributed by atoms with Gasteiger partial charge in [-0.05, 0) is 50.1 Å². The van der Waals surface area contributed by atoms with Crippen molar-refractivity contribution in [2.75, 3.05) is 32.8 Å². The lowest BCUT2D eigenvalue weighted by atomic mass is 10.1. The van der Waals surface area contributed by atoms with Crippen molar-refractivity contribution in [1.82, 2.24) is 14.4 Å². The van der Waals surface area contributed by atoms with E-state index < -0.39 is 0 Å². The van der Waals surface area contributed by atoms with Gasteiger partial charge in [0.1, 0.15) is 5.75 Å². The molecule has 0 unspecified atom stereocenters. The molecule has 0 radical (unpaired) electrons. The van der Waals surface area contributed by atoms with Gasteiger partial charge in [0.15, 0.2) is 0 Å². The Morgan fingerprint density at radius 2 is 1.67 bits per heavy atom. The van der Waals surface area contributed by atoms with Gasteiger partial charge in [-0.25, -0.2) is 0 Å². The summed E-state index contributed by atoms with van der Waals surface area (Å²) in [6.07, 6.45) is 4.48. The third kappa shape index (κ3) is 4.32. The van der Waals surface area contributed by atoms with E-state index >= 15 is 0 Å². The first-order chi connectivity index (χ1) is 13.0. The number of benzene rings is 1. The molecule has 0 N–H and O–H groups in total. The van der Waals surface area contributed by atoms with E-state index in [-0.39, 0.29) is 11.8 Å². The number of hydrogen-bond acceptors (Lipinski definition) is 3. The molecule has 2 amide bonds. The van der Waals surface area contributed by atoms with Gasteiger partial charge in [-0.2, -0.15) is 0 Å². The molecule has 1 aromatic heterocycles. The van der Waals surface area contributed by atoms with Gasteiger partial charge >= 0.3 is 0 Å².